The SMILES string of the molecule is FC(F)(F)c1ccc2c(c1)nc(CC1=CCCC1)n2C[C@@H]1CCCN2CCCC[C@H]12. The molecular formula is C24H30F3N3. The number of imidazole rings is 1. The van der Waals surface area contributed by atoms with E-state index in [4.69, 9.17) is 4.98 Å². The average molecular weight is 418 g/mol. The van der Waals surface area contributed by atoms with Crippen molar-refractivity contribution in [1.82, 2.24) is 14.5 Å². The molecule has 1 aliphatic carbocycles. The zero-order valence-electron chi connectivity index (χ0n) is 17.4. The van der Waals surface area contributed by atoms with Crippen molar-refractivity contribution in [1.29, 1.82) is 0 Å². The summed E-state index contributed by atoms with van der Waals surface area (Å²) in [5, 5.41) is 0. The molecule has 2 saturated heterocycles. The first-order chi connectivity index (χ1) is 14.5. The molecule has 2 aromatic rings. The van der Waals surface area contributed by atoms with Crippen LogP contribution in [0.5, 0.6) is 0 Å². The summed E-state index contributed by atoms with van der Waals surface area (Å²) in [5.74, 6) is 1.49. The van der Waals surface area contributed by atoms with E-state index in [1.165, 1.54) is 69.3 Å². The van der Waals surface area contributed by atoms with Gasteiger partial charge in [-0.05, 0) is 82.2 Å². The standard InChI is InChI=1S/C24H30F3N3/c25-24(26,27)19-10-11-22-20(15-19)28-23(14-17-6-1-2-7-17)30(22)16-18-8-5-13-29-12-4-3-9-21(18)29/h6,10-11,15,18,21H,1-5,7-9,12-14,16H2/t18-,21+/m0/s1. The third-order valence-electron chi connectivity index (χ3n) is 7.32. The van der Waals surface area contributed by atoms with Crippen LogP contribution in [0, 0.1) is 5.92 Å². The molecule has 0 spiro atoms. The predicted octanol–water partition coefficient (Wildman–Crippen LogP) is 5.97. The molecule has 0 saturated carbocycles. The summed E-state index contributed by atoms with van der Waals surface area (Å²) in [5.41, 5.74) is 2.10. The molecule has 1 aromatic heterocycles. The monoisotopic (exact) mass is 417 g/mol. The van der Waals surface area contributed by atoms with Crippen molar-refractivity contribution in [2.75, 3.05) is 13.1 Å². The van der Waals surface area contributed by atoms with Gasteiger partial charge in [0.2, 0.25) is 0 Å². The topological polar surface area (TPSA) is 21.1 Å². The molecule has 3 heterocycles. The number of nitrogens with zero attached hydrogens (tertiary/aromatic N) is 3. The number of hydrogen-bond acceptors (Lipinski definition) is 2. The Kier molecular flexibility index (Phi) is 5.38. The van der Waals surface area contributed by atoms with Gasteiger partial charge in [-0.25, -0.2) is 4.98 Å². The molecule has 6 heteroatoms. The van der Waals surface area contributed by atoms with Gasteiger partial charge in [-0.3, -0.25) is 0 Å². The van der Waals surface area contributed by atoms with Gasteiger partial charge in [0.25, 0.3) is 0 Å². The highest BCUT2D eigenvalue weighted by Gasteiger charge is 2.34. The highest BCUT2D eigenvalue weighted by atomic mass is 19.4. The fourth-order valence-electron chi connectivity index (χ4n) is 5.82. The molecule has 0 N–H and O–H groups in total. The molecule has 1 aromatic carbocycles. The minimum absolute atomic E-state index is 0.481. The average Bonchev–Trinajstić information content (AvgIpc) is 3.36. The van der Waals surface area contributed by atoms with Crippen molar-refractivity contribution in [2.24, 2.45) is 5.92 Å². The van der Waals surface area contributed by atoms with E-state index in [2.05, 4.69) is 15.5 Å². The number of benzene rings is 1. The van der Waals surface area contributed by atoms with Crippen molar-refractivity contribution >= 4 is 11.0 Å². The Hall–Kier alpha value is -1.82. The fraction of sp³-hybridized carbons (Fsp3) is 0.625. The Labute approximate surface area is 176 Å². The number of rotatable bonds is 4. The van der Waals surface area contributed by atoms with Crippen LogP contribution in [-0.2, 0) is 19.1 Å². The molecule has 5 rings (SSSR count). The molecule has 0 amide bonds. The van der Waals surface area contributed by atoms with Gasteiger partial charge >= 0.3 is 6.18 Å². The van der Waals surface area contributed by atoms with Crippen LogP contribution in [0.1, 0.15) is 62.8 Å². The summed E-state index contributed by atoms with van der Waals surface area (Å²) in [6, 6.07) is 4.69. The molecule has 2 atom stereocenters. The lowest BCUT2D eigenvalue weighted by molar-refractivity contribution is -0.137. The number of piperidine rings is 2. The summed E-state index contributed by atoms with van der Waals surface area (Å²) in [6.07, 6.45) is 8.31. The van der Waals surface area contributed by atoms with E-state index < -0.39 is 11.7 Å². The number of hydrogen-bond donors (Lipinski definition) is 0. The quantitative estimate of drug-likeness (QED) is 0.571. The van der Waals surface area contributed by atoms with Crippen molar-refractivity contribution < 1.29 is 13.2 Å². The molecule has 3 nitrogen and oxygen atoms in total. The Morgan fingerprint density at radius 2 is 1.90 bits per heavy atom. The smallest absolute Gasteiger partial charge is 0.327 e. The lowest BCUT2D eigenvalue weighted by Crippen LogP contribution is -2.49. The summed E-state index contributed by atoms with van der Waals surface area (Å²) >= 11 is 0. The van der Waals surface area contributed by atoms with Crippen LogP contribution in [0.25, 0.3) is 11.0 Å². The summed E-state index contributed by atoms with van der Waals surface area (Å²) in [7, 11) is 0. The van der Waals surface area contributed by atoms with Crippen LogP contribution in [0.2, 0.25) is 0 Å². The molecule has 0 radical (unpaired) electrons. The highest BCUT2D eigenvalue weighted by Crippen LogP contribution is 2.35. The Balaban J connectivity index is 1.50. The van der Waals surface area contributed by atoms with Crippen molar-refractivity contribution in [3.63, 3.8) is 0 Å². The zero-order valence-corrected chi connectivity index (χ0v) is 17.4. The van der Waals surface area contributed by atoms with Gasteiger partial charge in [0.05, 0.1) is 16.6 Å². The van der Waals surface area contributed by atoms with Gasteiger partial charge in [0, 0.05) is 19.0 Å². The minimum atomic E-state index is -4.34. The Morgan fingerprint density at radius 3 is 2.70 bits per heavy atom. The second kappa shape index (κ2) is 8.03. The van der Waals surface area contributed by atoms with Crippen LogP contribution in [0.15, 0.2) is 29.8 Å². The first-order valence-electron chi connectivity index (χ1n) is 11.5. The normalized spacial score (nSPS) is 25.5. The maximum absolute atomic E-state index is 13.3. The molecular weight excluding hydrogens is 387 g/mol. The van der Waals surface area contributed by atoms with Gasteiger partial charge in [0.15, 0.2) is 0 Å². The van der Waals surface area contributed by atoms with Crippen molar-refractivity contribution in [3.05, 3.63) is 41.2 Å². The van der Waals surface area contributed by atoms with E-state index in [1.807, 2.05) is 0 Å². The zero-order chi connectivity index (χ0) is 20.7. The van der Waals surface area contributed by atoms with Gasteiger partial charge in [-0.1, -0.05) is 18.1 Å². The largest absolute Gasteiger partial charge is 0.416 e. The van der Waals surface area contributed by atoms with Crippen LogP contribution in [0.4, 0.5) is 13.2 Å². The third kappa shape index (κ3) is 3.91. The summed E-state index contributed by atoms with van der Waals surface area (Å²) in [4.78, 5) is 7.38. The third-order valence-corrected chi connectivity index (χ3v) is 7.32. The van der Waals surface area contributed by atoms with E-state index >= 15 is 0 Å². The van der Waals surface area contributed by atoms with Crippen molar-refractivity contribution in [2.45, 2.75) is 76.6 Å². The Morgan fingerprint density at radius 1 is 1.03 bits per heavy atom. The predicted molar refractivity (Wildman–Crippen MR) is 112 cm³/mol. The van der Waals surface area contributed by atoms with Gasteiger partial charge in [-0.15, -0.1) is 0 Å². The number of aromatic nitrogens is 2. The van der Waals surface area contributed by atoms with Crippen LogP contribution >= 0.6 is 0 Å². The molecule has 0 unspecified atom stereocenters. The summed E-state index contributed by atoms with van der Waals surface area (Å²) in [6.45, 7) is 3.26. The molecule has 2 aliphatic heterocycles. The summed E-state index contributed by atoms with van der Waals surface area (Å²) < 4.78 is 42.0. The van der Waals surface area contributed by atoms with Gasteiger partial charge in [-0.2, -0.15) is 13.2 Å². The molecule has 2 fully saturated rings. The first-order valence-corrected chi connectivity index (χ1v) is 11.5. The second-order valence-electron chi connectivity index (χ2n) is 9.27. The lowest BCUT2D eigenvalue weighted by Gasteiger charge is -2.44. The molecule has 3 aliphatic rings. The maximum Gasteiger partial charge on any atom is 0.416 e. The van der Waals surface area contributed by atoms with Crippen LogP contribution < -0.4 is 0 Å². The first kappa shape index (κ1) is 20.1. The van der Waals surface area contributed by atoms with Crippen LogP contribution in [0.3, 0.4) is 0 Å². The van der Waals surface area contributed by atoms with E-state index in [9.17, 15) is 13.2 Å². The molecule has 30 heavy (non-hydrogen) atoms. The van der Waals surface area contributed by atoms with E-state index in [0.29, 0.717) is 17.5 Å². The fourth-order valence-corrected chi connectivity index (χ4v) is 5.82. The lowest BCUT2D eigenvalue weighted by atomic mass is 9.83. The van der Waals surface area contributed by atoms with Gasteiger partial charge in [0.1, 0.15) is 5.82 Å². The van der Waals surface area contributed by atoms with Crippen LogP contribution in [-0.4, -0.2) is 33.6 Å². The maximum atomic E-state index is 13.3. The number of halogens is 3. The van der Waals surface area contributed by atoms with Crippen molar-refractivity contribution in [3.8, 4) is 0 Å². The van der Waals surface area contributed by atoms with E-state index in [1.54, 1.807) is 6.07 Å². The second-order valence-corrected chi connectivity index (χ2v) is 9.27. The highest BCUT2D eigenvalue weighted by molar-refractivity contribution is 5.77. The van der Waals surface area contributed by atoms with E-state index in [0.717, 1.165) is 37.1 Å². The number of fused-ring (bicyclic) bond motifs is 2. The number of alkyl halides is 3. The van der Waals surface area contributed by atoms with Gasteiger partial charge < -0.3 is 9.47 Å². The van der Waals surface area contributed by atoms with E-state index in [-0.39, 0.29) is 0 Å². The number of allylic oxidation sites excluding steroid dienone is 2. The molecule has 0 bridgehead atoms. The Bertz CT molecular complexity index is 941. The molecule has 162 valence electrons. The minimum Gasteiger partial charge on any atom is -0.327 e.